The van der Waals surface area contributed by atoms with Crippen molar-refractivity contribution >= 4 is 23.9 Å². The molecule has 0 radical (unpaired) electrons. The number of thioether (sulfide) groups is 1. The van der Waals surface area contributed by atoms with Crippen molar-refractivity contribution in [1.82, 2.24) is 10.4 Å². The van der Waals surface area contributed by atoms with Crippen molar-refractivity contribution < 1.29 is 4.79 Å². The molecule has 2 rings (SSSR count). The van der Waals surface area contributed by atoms with Crippen LogP contribution in [0, 0.1) is 13.8 Å². The lowest BCUT2D eigenvalue weighted by atomic mass is 10.1. The van der Waals surface area contributed by atoms with Crippen LogP contribution in [0.25, 0.3) is 0 Å². The molecule has 1 amide bonds. The topological polar surface area (TPSA) is 54.4 Å². The predicted molar refractivity (Wildman–Crippen MR) is 86.6 cm³/mol. The second-order valence-corrected chi connectivity index (χ2v) is 5.59. The zero-order valence-electron chi connectivity index (χ0n) is 12.0. The molecule has 1 N–H and O–H groups in total. The van der Waals surface area contributed by atoms with E-state index in [-0.39, 0.29) is 5.91 Å². The average Bonchev–Trinajstić information content (AvgIpc) is 2.50. The molecule has 1 aromatic carbocycles. The first-order valence-electron chi connectivity index (χ1n) is 6.58. The lowest BCUT2D eigenvalue weighted by Crippen LogP contribution is -2.19. The van der Waals surface area contributed by atoms with Crippen molar-refractivity contribution in [2.45, 2.75) is 18.9 Å². The molecule has 0 unspecified atom stereocenters. The van der Waals surface area contributed by atoms with Crippen molar-refractivity contribution in [3.63, 3.8) is 0 Å². The Hall–Kier alpha value is -2.14. The van der Waals surface area contributed by atoms with Gasteiger partial charge in [0.1, 0.15) is 0 Å². The fourth-order valence-corrected chi connectivity index (χ4v) is 2.28. The van der Waals surface area contributed by atoms with E-state index in [1.807, 2.05) is 36.4 Å². The number of pyridine rings is 1. The standard InChI is InChI=1S/C16H17N3OS/c1-12-6-7-14(9-13(12)2)10-18-19-15(20)11-21-16-5-3-4-8-17-16/h3-10H,11H2,1-2H3,(H,19,20)/b18-10+. The first kappa shape index (κ1) is 15.3. The molecule has 0 spiro atoms. The highest BCUT2D eigenvalue weighted by atomic mass is 32.2. The molecule has 0 aliphatic carbocycles. The Balaban J connectivity index is 1.80. The van der Waals surface area contributed by atoms with Gasteiger partial charge in [-0.15, -0.1) is 0 Å². The average molecular weight is 299 g/mol. The van der Waals surface area contributed by atoms with Crippen LogP contribution in [0.2, 0.25) is 0 Å². The third kappa shape index (κ3) is 5.04. The van der Waals surface area contributed by atoms with Crippen LogP contribution in [0.4, 0.5) is 0 Å². The summed E-state index contributed by atoms with van der Waals surface area (Å²) in [6.45, 7) is 4.11. The van der Waals surface area contributed by atoms with Gasteiger partial charge in [-0.3, -0.25) is 4.79 Å². The monoisotopic (exact) mass is 299 g/mol. The number of amides is 1. The van der Waals surface area contributed by atoms with Gasteiger partial charge >= 0.3 is 0 Å². The number of hydrogen-bond acceptors (Lipinski definition) is 4. The molecule has 0 bridgehead atoms. The summed E-state index contributed by atoms with van der Waals surface area (Å²) >= 11 is 1.38. The molecule has 0 saturated carbocycles. The molecule has 0 aliphatic rings. The molecule has 1 aromatic heterocycles. The molecule has 21 heavy (non-hydrogen) atoms. The van der Waals surface area contributed by atoms with Gasteiger partial charge in [-0.1, -0.05) is 36.0 Å². The van der Waals surface area contributed by atoms with Crippen LogP contribution < -0.4 is 5.43 Å². The van der Waals surface area contributed by atoms with Gasteiger partial charge in [0, 0.05) is 6.20 Å². The number of hydrazone groups is 1. The van der Waals surface area contributed by atoms with E-state index in [2.05, 4.69) is 29.4 Å². The summed E-state index contributed by atoms with van der Waals surface area (Å²) in [5.74, 6) is 0.145. The fourth-order valence-electron chi connectivity index (χ4n) is 1.63. The van der Waals surface area contributed by atoms with Crippen LogP contribution in [0.3, 0.4) is 0 Å². The first-order valence-corrected chi connectivity index (χ1v) is 7.57. The smallest absolute Gasteiger partial charge is 0.250 e. The third-order valence-electron chi connectivity index (χ3n) is 2.92. The zero-order valence-corrected chi connectivity index (χ0v) is 12.9. The van der Waals surface area contributed by atoms with E-state index in [0.29, 0.717) is 5.75 Å². The number of carbonyl (C=O) groups is 1. The van der Waals surface area contributed by atoms with Crippen LogP contribution in [0.1, 0.15) is 16.7 Å². The van der Waals surface area contributed by atoms with E-state index < -0.39 is 0 Å². The Bertz CT molecular complexity index is 641. The van der Waals surface area contributed by atoms with E-state index >= 15 is 0 Å². The molecule has 108 valence electrons. The van der Waals surface area contributed by atoms with Gasteiger partial charge in [0.05, 0.1) is 17.0 Å². The van der Waals surface area contributed by atoms with Crippen LogP contribution in [-0.2, 0) is 4.79 Å². The summed E-state index contributed by atoms with van der Waals surface area (Å²) in [7, 11) is 0. The highest BCUT2D eigenvalue weighted by Gasteiger charge is 2.01. The van der Waals surface area contributed by atoms with Gasteiger partial charge in [0.15, 0.2) is 0 Å². The third-order valence-corrected chi connectivity index (χ3v) is 3.87. The number of benzene rings is 1. The molecule has 0 atom stereocenters. The molecule has 4 nitrogen and oxygen atoms in total. The van der Waals surface area contributed by atoms with Gasteiger partial charge in [-0.25, -0.2) is 10.4 Å². The number of aryl methyl sites for hydroxylation is 2. The molecule has 0 saturated heterocycles. The lowest BCUT2D eigenvalue weighted by molar-refractivity contribution is -0.118. The van der Waals surface area contributed by atoms with E-state index in [1.54, 1.807) is 12.4 Å². The van der Waals surface area contributed by atoms with Gasteiger partial charge in [0.2, 0.25) is 5.91 Å². The normalized spacial score (nSPS) is 10.8. The maximum Gasteiger partial charge on any atom is 0.250 e. The molecule has 5 heteroatoms. The summed E-state index contributed by atoms with van der Waals surface area (Å²) in [4.78, 5) is 15.8. The number of carbonyl (C=O) groups excluding carboxylic acids is 1. The summed E-state index contributed by atoms with van der Waals surface area (Å²) in [5, 5.41) is 4.79. The van der Waals surface area contributed by atoms with Gasteiger partial charge in [-0.2, -0.15) is 5.10 Å². The Morgan fingerprint density at radius 3 is 2.86 bits per heavy atom. The second-order valence-electron chi connectivity index (χ2n) is 4.59. The van der Waals surface area contributed by atoms with Crippen molar-refractivity contribution in [3.05, 3.63) is 59.3 Å². The van der Waals surface area contributed by atoms with E-state index in [9.17, 15) is 4.79 Å². The summed E-state index contributed by atoms with van der Waals surface area (Å²) < 4.78 is 0. The minimum Gasteiger partial charge on any atom is -0.272 e. The fraction of sp³-hybridized carbons (Fsp3) is 0.188. The maximum atomic E-state index is 11.7. The number of aromatic nitrogens is 1. The first-order chi connectivity index (χ1) is 10.1. The molecular formula is C16H17N3OS. The van der Waals surface area contributed by atoms with Crippen molar-refractivity contribution in [1.29, 1.82) is 0 Å². The highest BCUT2D eigenvalue weighted by Crippen LogP contribution is 2.13. The quantitative estimate of drug-likeness (QED) is 0.524. The summed E-state index contributed by atoms with van der Waals surface area (Å²) in [5.41, 5.74) is 5.93. The van der Waals surface area contributed by atoms with Crippen LogP contribution in [0.15, 0.2) is 52.7 Å². The molecule has 1 heterocycles. The summed E-state index contributed by atoms with van der Waals surface area (Å²) in [6, 6.07) is 11.7. The minimum absolute atomic E-state index is 0.147. The van der Waals surface area contributed by atoms with Gasteiger partial charge in [0.25, 0.3) is 0 Å². The molecular weight excluding hydrogens is 282 g/mol. The number of rotatable bonds is 5. The highest BCUT2D eigenvalue weighted by molar-refractivity contribution is 7.99. The van der Waals surface area contributed by atoms with Crippen molar-refractivity contribution in [2.75, 3.05) is 5.75 Å². The number of hydrogen-bond donors (Lipinski definition) is 1. The predicted octanol–water partition coefficient (Wildman–Crippen LogP) is 2.94. The van der Waals surface area contributed by atoms with Gasteiger partial charge in [-0.05, 0) is 42.7 Å². The SMILES string of the molecule is Cc1ccc(/C=N/NC(=O)CSc2ccccn2)cc1C. The van der Waals surface area contributed by atoms with E-state index in [1.165, 1.54) is 22.9 Å². The zero-order chi connectivity index (χ0) is 15.1. The number of nitrogens with one attached hydrogen (secondary N) is 1. The van der Waals surface area contributed by atoms with Crippen molar-refractivity contribution in [2.24, 2.45) is 5.10 Å². The minimum atomic E-state index is -0.147. The van der Waals surface area contributed by atoms with Crippen LogP contribution in [0.5, 0.6) is 0 Å². The van der Waals surface area contributed by atoms with E-state index in [4.69, 9.17) is 0 Å². The largest absolute Gasteiger partial charge is 0.272 e. The van der Waals surface area contributed by atoms with Crippen LogP contribution in [-0.4, -0.2) is 22.9 Å². The van der Waals surface area contributed by atoms with E-state index in [0.717, 1.165) is 10.6 Å². The Morgan fingerprint density at radius 1 is 1.29 bits per heavy atom. The lowest BCUT2D eigenvalue weighted by Gasteiger charge is -2.01. The van der Waals surface area contributed by atoms with Crippen LogP contribution >= 0.6 is 11.8 Å². The van der Waals surface area contributed by atoms with Crippen molar-refractivity contribution in [3.8, 4) is 0 Å². The Morgan fingerprint density at radius 2 is 2.14 bits per heavy atom. The number of nitrogens with zero attached hydrogens (tertiary/aromatic N) is 2. The molecule has 0 fully saturated rings. The Labute approximate surface area is 128 Å². The van der Waals surface area contributed by atoms with Gasteiger partial charge < -0.3 is 0 Å². The Kier molecular flexibility index (Phi) is 5.51. The molecule has 0 aliphatic heterocycles. The maximum absolute atomic E-state index is 11.7. The summed E-state index contributed by atoms with van der Waals surface area (Å²) in [6.07, 6.45) is 3.36. The second kappa shape index (κ2) is 7.59. The molecule has 2 aromatic rings.